The van der Waals surface area contributed by atoms with Crippen LogP contribution >= 0.6 is 0 Å². The topological polar surface area (TPSA) is 40.6 Å². The molecule has 6 heteroatoms. The van der Waals surface area contributed by atoms with E-state index in [1.165, 1.54) is 10.8 Å². The first-order valence-electron chi connectivity index (χ1n) is 14.0. The van der Waals surface area contributed by atoms with Crippen LogP contribution in [-0.4, -0.2) is 23.7 Å². The molecule has 0 aliphatic rings. The Labute approximate surface area is 261 Å². The van der Waals surface area contributed by atoms with Gasteiger partial charge in [-0.25, -0.2) is 4.98 Å². The van der Waals surface area contributed by atoms with Crippen LogP contribution in [0.25, 0.3) is 71.8 Å². The zero-order chi connectivity index (χ0) is 27.8. The summed E-state index contributed by atoms with van der Waals surface area (Å²) in [7, 11) is 0. The molecule has 0 amide bonds. The van der Waals surface area contributed by atoms with Gasteiger partial charge in [0.15, 0.2) is 0 Å². The van der Waals surface area contributed by atoms with Gasteiger partial charge in [-0.3, -0.25) is 4.98 Å². The Kier molecular flexibility index (Phi) is 5.85. The van der Waals surface area contributed by atoms with Crippen molar-refractivity contribution < 1.29 is 21.1 Å². The maximum Gasteiger partial charge on any atom is 0.135 e. The number of para-hydroxylation sites is 3. The number of aromatic nitrogens is 5. The fraction of sp³-hybridized carbons (Fsp3) is 0.0270. The van der Waals surface area contributed by atoms with Crippen molar-refractivity contribution in [1.29, 1.82) is 0 Å². The van der Waals surface area contributed by atoms with E-state index in [0.29, 0.717) is 0 Å². The van der Waals surface area contributed by atoms with Gasteiger partial charge in [-0.05, 0) is 53.0 Å². The first kappa shape index (κ1) is 25.7. The Hall–Kier alpha value is -4.99. The maximum atomic E-state index is 4.83. The molecular weight excluding hydrogens is 710 g/mol. The molecule has 4 aromatic heterocycles. The Balaban J connectivity index is 0.00000278. The van der Waals surface area contributed by atoms with Crippen molar-refractivity contribution in [2.24, 2.45) is 0 Å². The van der Waals surface area contributed by atoms with Crippen LogP contribution in [0.15, 0.2) is 115 Å². The summed E-state index contributed by atoms with van der Waals surface area (Å²) in [4.78, 5) is 9.55. The number of imidazole rings is 1. The molecule has 0 saturated heterocycles. The molecule has 0 radical (unpaired) electrons. The largest absolute Gasteiger partial charge is 0.358 e. The first-order valence-corrected chi connectivity index (χ1v) is 14.0. The molecule has 0 bridgehead atoms. The average Bonchev–Trinajstić information content (AvgIpc) is 3.66. The molecule has 208 valence electrons. The van der Waals surface area contributed by atoms with Gasteiger partial charge in [0.1, 0.15) is 5.82 Å². The molecule has 5 nitrogen and oxygen atoms in total. The number of nitrogens with zero attached hydrogens (tertiary/aromatic N) is 5. The normalized spacial score (nSPS) is 11.7. The van der Waals surface area contributed by atoms with E-state index in [1.54, 1.807) is 0 Å². The molecule has 0 unspecified atom stereocenters. The number of hydrogen-bond acceptors (Lipinski definition) is 2. The van der Waals surface area contributed by atoms with E-state index < -0.39 is 0 Å². The molecule has 0 fully saturated rings. The minimum Gasteiger partial charge on any atom is -0.358 e. The van der Waals surface area contributed by atoms with Gasteiger partial charge in [0.25, 0.3) is 0 Å². The Morgan fingerprint density at radius 2 is 1.28 bits per heavy atom. The number of rotatable bonds is 3. The van der Waals surface area contributed by atoms with Crippen molar-refractivity contribution in [3.05, 3.63) is 139 Å². The SMILES string of the molecule is Cc1nc2ccc(-n3c4[c-]c5c(cc4c4ccccc43)c3ccccc3n5-c3ccccn3)[c-]c2n1-c1[c-]cccc1.[Pt]. The van der Waals surface area contributed by atoms with Crippen molar-refractivity contribution in [1.82, 2.24) is 23.7 Å². The third-order valence-electron chi connectivity index (χ3n) is 8.12. The second kappa shape index (κ2) is 9.79. The molecule has 0 aliphatic heterocycles. The number of aryl methyl sites for hydroxylation is 1. The van der Waals surface area contributed by atoms with E-state index >= 15 is 0 Å². The summed E-state index contributed by atoms with van der Waals surface area (Å²) in [6.45, 7) is 2.02. The maximum absolute atomic E-state index is 4.83. The van der Waals surface area contributed by atoms with Gasteiger partial charge in [-0.2, -0.15) is 30.3 Å². The molecule has 43 heavy (non-hydrogen) atoms. The minimum absolute atomic E-state index is 0. The van der Waals surface area contributed by atoms with E-state index in [4.69, 9.17) is 9.97 Å². The van der Waals surface area contributed by atoms with Gasteiger partial charge < -0.3 is 13.7 Å². The van der Waals surface area contributed by atoms with Crippen molar-refractivity contribution >= 4 is 54.6 Å². The van der Waals surface area contributed by atoms with E-state index in [0.717, 1.165) is 66.9 Å². The molecule has 9 rings (SSSR count). The molecule has 0 N–H and O–H groups in total. The van der Waals surface area contributed by atoms with E-state index in [9.17, 15) is 0 Å². The fourth-order valence-electron chi connectivity index (χ4n) is 6.36. The monoisotopic (exact) mass is 731 g/mol. The first-order chi connectivity index (χ1) is 20.8. The third-order valence-corrected chi connectivity index (χ3v) is 8.12. The van der Waals surface area contributed by atoms with Crippen LogP contribution in [0.5, 0.6) is 0 Å². The summed E-state index contributed by atoms with van der Waals surface area (Å²) < 4.78 is 6.60. The molecule has 4 heterocycles. The molecule has 5 aromatic carbocycles. The van der Waals surface area contributed by atoms with E-state index in [2.05, 4.69) is 105 Å². The average molecular weight is 732 g/mol. The third kappa shape index (κ3) is 3.75. The van der Waals surface area contributed by atoms with Gasteiger partial charge in [0.05, 0.1) is 5.82 Å². The summed E-state index contributed by atoms with van der Waals surface area (Å²) in [5.41, 5.74) is 7.90. The van der Waals surface area contributed by atoms with Gasteiger partial charge >= 0.3 is 0 Å². The zero-order valence-corrected chi connectivity index (χ0v) is 25.3. The fourth-order valence-corrected chi connectivity index (χ4v) is 6.36. The summed E-state index contributed by atoms with van der Waals surface area (Å²) in [5.74, 6) is 1.77. The zero-order valence-electron chi connectivity index (χ0n) is 23.0. The quantitative estimate of drug-likeness (QED) is 0.172. The van der Waals surface area contributed by atoms with Crippen molar-refractivity contribution in [3.8, 4) is 17.2 Å². The van der Waals surface area contributed by atoms with Gasteiger partial charge in [0.2, 0.25) is 0 Å². The molecular formula is C37H22N5Pt-3. The second-order valence-corrected chi connectivity index (χ2v) is 10.5. The molecule has 9 aromatic rings. The predicted molar refractivity (Wildman–Crippen MR) is 169 cm³/mol. The summed E-state index contributed by atoms with van der Waals surface area (Å²) in [5, 5.41) is 4.66. The van der Waals surface area contributed by atoms with Gasteiger partial charge in [0, 0.05) is 38.3 Å². The van der Waals surface area contributed by atoms with Crippen LogP contribution in [0.3, 0.4) is 0 Å². The molecule has 0 atom stereocenters. The van der Waals surface area contributed by atoms with Gasteiger partial charge in [-0.15, -0.1) is 41.1 Å². The number of hydrogen-bond donors (Lipinski definition) is 0. The number of fused-ring (bicyclic) bond motifs is 7. The summed E-state index contributed by atoms with van der Waals surface area (Å²) in [6.07, 6.45) is 1.84. The van der Waals surface area contributed by atoms with Crippen LogP contribution in [0.4, 0.5) is 0 Å². The Morgan fingerprint density at radius 3 is 2.00 bits per heavy atom. The molecule has 0 spiro atoms. The summed E-state index contributed by atoms with van der Waals surface area (Å²) in [6, 6.07) is 48.5. The van der Waals surface area contributed by atoms with Crippen molar-refractivity contribution in [3.63, 3.8) is 0 Å². The van der Waals surface area contributed by atoms with Crippen LogP contribution < -0.4 is 0 Å². The minimum atomic E-state index is 0. The van der Waals surface area contributed by atoms with E-state index in [1.807, 2.05) is 49.5 Å². The smallest absolute Gasteiger partial charge is 0.135 e. The number of pyridine rings is 1. The number of benzene rings is 5. The van der Waals surface area contributed by atoms with Crippen LogP contribution in [0.1, 0.15) is 5.82 Å². The predicted octanol–water partition coefficient (Wildman–Crippen LogP) is 8.32. The van der Waals surface area contributed by atoms with Crippen molar-refractivity contribution in [2.45, 2.75) is 6.92 Å². The van der Waals surface area contributed by atoms with Crippen LogP contribution in [-0.2, 0) is 21.1 Å². The second-order valence-electron chi connectivity index (χ2n) is 10.5. The van der Waals surface area contributed by atoms with Crippen LogP contribution in [0, 0.1) is 25.1 Å². The Bertz CT molecular complexity index is 2470. The molecule has 0 aliphatic carbocycles. The summed E-state index contributed by atoms with van der Waals surface area (Å²) >= 11 is 0. The molecule has 0 saturated carbocycles. The van der Waals surface area contributed by atoms with Gasteiger partial charge in [-0.1, -0.05) is 64.9 Å². The van der Waals surface area contributed by atoms with E-state index in [-0.39, 0.29) is 21.1 Å². The Morgan fingerprint density at radius 1 is 0.581 bits per heavy atom. The van der Waals surface area contributed by atoms with Crippen LogP contribution in [0.2, 0.25) is 0 Å². The standard InChI is InChI=1S/C37H22N5.Pt/c1-24-39-31-19-18-26(21-36(31)40(24)25-11-3-2-4-12-25)41-32-15-7-5-13-27(32)29-22-30-28-14-6-8-16-33(28)42(35(30)23-34(29)41)37-17-9-10-20-38-37;/h2-11,13-20,22H,1H3;/q-3;. The van der Waals surface area contributed by atoms with Crippen molar-refractivity contribution in [2.75, 3.05) is 0 Å².